The van der Waals surface area contributed by atoms with Gasteiger partial charge in [-0.15, -0.1) is 0 Å². The normalized spacial score (nSPS) is 7.75. The molecule has 0 amide bonds. The standard InChI is InChI=1S/Co.H4O7P2.6H2O/c;1-8(2,3)7-9(4,5)6;;;;;;/h;(H2,1,2,3)(H2,4,5,6);6*1H2/q+4;;;;;;;/p-4. The molecule has 0 aliphatic heterocycles. The summed E-state index contributed by atoms with van der Waals surface area (Å²) in [6.45, 7) is 0. The third-order valence-corrected chi connectivity index (χ3v) is 1.80. The first-order valence-electron chi connectivity index (χ1n) is 1.46. The fourth-order valence-electron chi connectivity index (χ4n) is 0.122. The average molecular weight is 341 g/mol. The quantitative estimate of drug-likeness (QED) is 0.435. The second kappa shape index (κ2) is 17.9. The van der Waals surface area contributed by atoms with Gasteiger partial charge in [-0.2, -0.15) is 0 Å². The molecule has 0 saturated carbocycles. The van der Waals surface area contributed by atoms with Crippen molar-refractivity contribution in [1.82, 2.24) is 0 Å². The van der Waals surface area contributed by atoms with Crippen molar-refractivity contribution >= 4 is 15.6 Å². The van der Waals surface area contributed by atoms with E-state index in [1.165, 1.54) is 0 Å². The molecule has 16 heavy (non-hydrogen) atoms. The Labute approximate surface area is 99.0 Å². The maximum absolute atomic E-state index is 9.32. The van der Waals surface area contributed by atoms with E-state index in [1.54, 1.807) is 0 Å². The molecule has 13 nitrogen and oxygen atoms in total. The molecular formula is H12CoO13P2. The van der Waals surface area contributed by atoms with Crippen LogP contribution in [0.5, 0.6) is 0 Å². The summed E-state index contributed by atoms with van der Waals surface area (Å²) < 4.78 is 21.2. The maximum atomic E-state index is 9.32. The minimum atomic E-state index is -5.68. The van der Waals surface area contributed by atoms with Crippen LogP contribution in [-0.4, -0.2) is 32.9 Å². The van der Waals surface area contributed by atoms with Crippen molar-refractivity contribution in [3.8, 4) is 0 Å². The first-order chi connectivity index (χ1) is 3.71. The van der Waals surface area contributed by atoms with E-state index in [4.69, 9.17) is 0 Å². The monoisotopic (exact) mass is 341 g/mol. The Bertz CT molecular complexity index is 154. The number of hydrogen-bond donors (Lipinski definition) is 0. The second-order valence-electron chi connectivity index (χ2n) is 0.976. The third kappa shape index (κ3) is 62.4. The van der Waals surface area contributed by atoms with Crippen molar-refractivity contribution < 1.29 is 82.7 Å². The van der Waals surface area contributed by atoms with E-state index in [0.29, 0.717) is 0 Å². The summed E-state index contributed by atoms with van der Waals surface area (Å²) in [5.41, 5.74) is 0. The molecule has 0 heterocycles. The minimum Gasteiger partial charge on any atom is -0.790 e. The fourth-order valence-corrected chi connectivity index (χ4v) is 1.10. The van der Waals surface area contributed by atoms with Crippen molar-refractivity contribution in [2.75, 3.05) is 0 Å². The molecule has 0 spiro atoms. The van der Waals surface area contributed by atoms with Gasteiger partial charge in [-0.3, -0.25) is 0 Å². The van der Waals surface area contributed by atoms with Crippen molar-refractivity contribution in [3.05, 3.63) is 0 Å². The zero-order chi connectivity index (χ0) is 7.71. The summed E-state index contributed by atoms with van der Waals surface area (Å²) >= 11 is 0. The van der Waals surface area contributed by atoms with Crippen molar-refractivity contribution in [2.24, 2.45) is 0 Å². The van der Waals surface area contributed by atoms with E-state index in [0.717, 1.165) is 0 Å². The summed E-state index contributed by atoms with van der Waals surface area (Å²) in [5.74, 6) is 0. The van der Waals surface area contributed by atoms with Crippen LogP contribution in [0, 0.1) is 0 Å². The molecule has 0 atom stereocenters. The van der Waals surface area contributed by atoms with Crippen LogP contribution in [0.4, 0.5) is 0 Å². The molecule has 0 bridgehead atoms. The molecule has 1 radical (unpaired) electrons. The van der Waals surface area contributed by atoms with E-state index >= 15 is 0 Å². The van der Waals surface area contributed by atoms with Gasteiger partial charge in [-0.05, 0) is 0 Å². The Morgan fingerprint density at radius 3 is 0.750 bits per heavy atom. The van der Waals surface area contributed by atoms with Crippen LogP contribution >= 0.6 is 15.6 Å². The zero-order valence-electron chi connectivity index (χ0n) is 7.09. The fraction of sp³-hybridized carbons (Fsp3) is 0. The first kappa shape index (κ1) is 54.8. The Hall–Kier alpha value is 0.526. The van der Waals surface area contributed by atoms with E-state index in [1.807, 2.05) is 0 Å². The first-order valence-corrected chi connectivity index (χ1v) is 4.38. The van der Waals surface area contributed by atoms with Gasteiger partial charge < -0.3 is 65.9 Å². The Morgan fingerprint density at radius 1 is 0.625 bits per heavy atom. The molecule has 0 aliphatic carbocycles. The average Bonchev–Trinajstić information content (AvgIpc) is 1.14. The van der Waals surface area contributed by atoms with Gasteiger partial charge in [0.1, 0.15) is 0 Å². The predicted molar refractivity (Wildman–Crippen MR) is 38.0 cm³/mol. The van der Waals surface area contributed by atoms with Gasteiger partial charge in [0.05, 0.1) is 15.6 Å². The summed E-state index contributed by atoms with van der Waals surface area (Å²) in [6, 6.07) is 0. The van der Waals surface area contributed by atoms with Crippen LogP contribution in [0.3, 0.4) is 0 Å². The molecule has 16 heteroatoms. The Morgan fingerprint density at radius 2 is 0.750 bits per heavy atom. The van der Waals surface area contributed by atoms with Gasteiger partial charge in [0, 0.05) is 0 Å². The van der Waals surface area contributed by atoms with Gasteiger partial charge in [-0.1, -0.05) is 0 Å². The largest absolute Gasteiger partial charge is 4.00 e. The summed E-state index contributed by atoms with van der Waals surface area (Å²) in [5, 5.41) is 0. The van der Waals surface area contributed by atoms with Crippen LogP contribution in [0.1, 0.15) is 0 Å². The van der Waals surface area contributed by atoms with Crippen molar-refractivity contribution in [1.29, 1.82) is 0 Å². The van der Waals surface area contributed by atoms with Gasteiger partial charge in [0.15, 0.2) is 0 Å². The molecule has 0 aliphatic rings. The van der Waals surface area contributed by atoms with Gasteiger partial charge in [-0.25, -0.2) is 0 Å². The van der Waals surface area contributed by atoms with Crippen LogP contribution in [-0.2, 0) is 30.2 Å². The molecule has 109 valence electrons. The van der Waals surface area contributed by atoms with E-state index < -0.39 is 15.6 Å². The smallest absolute Gasteiger partial charge is 0.790 e. The molecule has 0 aromatic rings. The summed E-state index contributed by atoms with van der Waals surface area (Å²) in [4.78, 5) is 37.3. The summed E-state index contributed by atoms with van der Waals surface area (Å²) in [7, 11) is -11.4. The maximum Gasteiger partial charge on any atom is 4.00 e. The number of phosphoric acid groups is 2. The van der Waals surface area contributed by atoms with Gasteiger partial charge in [0.2, 0.25) is 0 Å². The number of rotatable bonds is 2. The summed E-state index contributed by atoms with van der Waals surface area (Å²) in [6.07, 6.45) is 0. The van der Waals surface area contributed by atoms with Crippen LogP contribution < -0.4 is 19.6 Å². The van der Waals surface area contributed by atoms with Crippen molar-refractivity contribution in [2.45, 2.75) is 0 Å². The third-order valence-electron chi connectivity index (χ3n) is 0.200. The molecule has 12 N–H and O–H groups in total. The second-order valence-corrected chi connectivity index (χ2v) is 3.42. The van der Waals surface area contributed by atoms with E-state index in [-0.39, 0.29) is 49.6 Å². The Kier molecular flexibility index (Phi) is 61.3. The Balaban J connectivity index is -0.0000000152. The SMILES string of the molecule is O.O.O.O.O.O.O=P([O-])([O-])OP(=O)([O-])[O-].[Co+4]. The van der Waals surface area contributed by atoms with E-state index in [9.17, 15) is 28.7 Å². The molecule has 0 unspecified atom stereocenters. The molecular weight excluding hydrogens is 329 g/mol. The topological polar surface area (TPSA) is 325 Å². The van der Waals surface area contributed by atoms with Crippen LogP contribution in [0.2, 0.25) is 0 Å². The van der Waals surface area contributed by atoms with E-state index in [2.05, 4.69) is 4.31 Å². The van der Waals surface area contributed by atoms with Crippen LogP contribution in [0.25, 0.3) is 0 Å². The molecule has 0 saturated heterocycles. The van der Waals surface area contributed by atoms with Crippen molar-refractivity contribution in [3.63, 3.8) is 0 Å². The zero-order valence-corrected chi connectivity index (χ0v) is 9.92. The molecule has 0 aromatic carbocycles. The molecule has 0 rings (SSSR count). The van der Waals surface area contributed by atoms with Gasteiger partial charge in [0.25, 0.3) is 0 Å². The molecule has 0 aromatic heterocycles. The molecule has 0 fully saturated rings. The van der Waals surface area contributed by atoms with Gasteiger partial charge >= 0.3 is 16.8 Å². The van der Waals surface area contributed by atoms with Crippen LogP contribution in [0.15, 0.2) is 0 Å². The predicted octanol–water partition coefficient (Wildman–Crippen LogP) is -8.29. The number of hydrogen-bond acceptors (Lipinski definition) is 7. The minimum absolute atomic E-state index is 0.